The van der Waals surface area contributed by atoms with Gasteiger partial charge in [0.05, 0.1) is 23.2 Å². The molecule has 0 saturated heterocycles. The van der Waals surface area contributed by atoms with Crippen LogP contribution in [-0.2, 0) is 14.8 Å². The minimum absolute atomic E-state index is 0.00651. The van der Waals surface area contributed by atoms with E-state index < -0.39 is 15.6 Å². The SMILES string of the molecule is CCCC(C)(N)C(=O)Nc1cc(S(=O)(=O)NC2CC2)ccc1OC. The monoisotopic (exact) mass is 355 g/mol. The van der Waals surface area contributed by atoms with Gasteiger partial charge in [-0.15, -0.1) is 0 Å². The predicted octanol–water partition coefficient (Wildman–Crippen LogP) is 1.59. The number of amides is 1. The summed E-state index contributed by atoms with van der Waals surface area (Å²) in [5, 5.41) is 2.69. The molecule has 4 N–H and O–H groups in total. The van der Waals surface area contributed by atoms with Crippen molar-refractivity contribution < 1.29 is 17.9 Å². The summed E-state index contributed by atoms with van der Waals surface area (Å²) in [5.74, 6) is -0.00614. The second-order valence-electron chi connectivity index (χ2n) is 6.38. The molecule has 1 aliphatic carbocycles. The Kier molecular flexibility index (Phi) is 5.52. The van der Waals surface area contributed by atoms with Gasteiger partial charge < -0.3 is 15.8 Å². The molecule has 1 aromatic rings. The van der Waals surface area contributed by atoms with Crippen molar-refractivity contribution in [3.05, 3.63) is 18.2 Å². The van der Waals surface area contributed by atoms with Gasteiger partial charge in [-0.1, -0.05) is 13.3 Å². The topological polar surface area (TPSA) is 111 Å². The number of nitrogens with two attached hydrogens (primary N) is 1. The van der Waals surface area contributed by atoms with Crippen molar-refractivity contribution in [1.29, 1.82) is 0 Å². The van der Waals surface area contributed by atoms with Gasteiger partial charge >= 0.3 is 0 Å². The van der Waals surface area contributed by atoms with Crippen molar-refractivity contribution in [3.63, 3.8) is 0 Å². The molecule has 1 unspecified atom stereocenters. The zero-order valence-corrected chi connectivity index (χ0v) is 15.1. The second kappa shape index (κ2) is 7.08. The van der Waals surface area contributed by atoms with E-state index in [9.17, 15) is 13.2 Å². The Labute approximate surface area is 143 Å². The molecule has 1 amide bonds. The molecule has 0 heterocycles. The Morgan fingerprint density at radius 3 is 2.62 bits per heavy atom. The van der Waals surface area contributed by atoms with Crippen molar-refractivity contribution in [2.45, 2.75) is 56.0 Å². The van der Waals surface area contributed by atoms with Crippen LogP contribution in [0.2, 0.25) is 0 Å². The van der Waals surface area contributed by atoms with E-state index >= 15 is 0 Å². The lowest BCUT2D eigenvalue weighted by Gasteiger charge is -2.23. The highest BCUT2D eigenvalue weighted by Gasteiger charge is 2.30. The molecule has 8 heteroatoms. The Bertz CT molecular complexity index is 712. The average Bonchev–Trinajstić information content (AvgIpc) is 3.30. The molecule has 1 aromatic carbocycles. The van der Waals surface area contributed by atoms with Crippen molar-refractivity contribution in [2.75, 3.05) is 12.4 Å². The van der Waals surface area contributed by atoms with Gasteiger partial charge in [0.15, 0.2) is 0 Å². The molecular formula is C16H25N3O4S. The van der Waals surface area contributed by atoms with Gasteiger partial charge in [-0.3, -0.25) is 4.79 Å². The van der Waals surface area contributed by atoms with Crippen LogP contribution in [0.1, 0.15) is 39.5 Å². The average molecular weight is 355 g/mol. The van der Waals surface area contributed by atoms with Crippen molar-refractivity contribution in [1.82, 2.24) is 4.72 Å². The first-order valence-corrected chi connectivity index (χ1v) is 9.48. The molecule has 1 fully saturated rings. The summed E-state index contributed by atoms with van der Waals surface area (Å²) >= 11 is 0. The molecule has 0 aliphatic heterocycles. The Morgan fingerprint density at radius 2 is 2.08 bits per heavy atom. The van der Waals surface area contributed by atoms with Gasteiger partial charge in [-0.25, -0.2) is 13.1 Å². The molecule has 1 saturated carbocycles. The maximum absolute atomic E-state index is 12.4. The van der Waals surface area contributed by atoms with Crippen molar-refractivity contribution in [2.24, 2.45) is 5.73 Å². The Morgan fingerprint density at radius 1 is 1.42 bits per heavy atom. The number of carbonyl (C=O) groups is 1. The standard InChI is InChI=1S/C16H25N3O4S/c1-4-9-16(2,17)15(20)18-13-10-12(7-8-14(13)23-3)24(21,22)19-11-5-6-11/h7-8,10-11,19H,4-6,9,17H2,1-3H3,(H,18,20). The normalized spacial score (nSPS) is 17.2. The van der Waals surface area contributed by atoms with Crippen LogP contribution in [0.3, 0.4) is 0 Å². The molecule has 1 atom stereocenters. The summed E-state index contributed by atoms with van der Waals surface area (Å²) in [7, 11) is -2.16. The first kappa shape index (κ1) is 18.7. The van der Waals surface area contributed by atoms with Crippen LogP contribution < -0.4 is 20.5 Å². The smallest absolute Gasteiger partial charge is 0.244 e. The van der Waals surface area contributed by atoms with E-state index in [4.69, 9.17) is 10.5 Å². The molecule has 7 nitrogen and oxygen atoms in total. The van der Waals surface area contributed by atoms with Gasteiger partial charge in [0.1, 0.15) is 5.75 Å². The van der Waals surface area contributed by atoms with Gasteiger partial charge in [0, 0.05) is 6.04 Å². The van der Waals surface area contributed by atoms with Crippen molar-refractivity contribution in [3.8, 4) is 5.75 Å². The second-order valence-corrected chi connectivity index (χ2v) is 8.09. The molecule has 0 aromatic heterocycles. The highest BCUT2D eigenvalue weighted by molar-refractivity contribution is 7.89. The van der Waals surface area contributed by atoms with Crippen molar-refractivity contribution >= 4 is 21.6 Å². The fourth-order valence-corrected chi connectivity index (χ4v) is 3.67. The number of rotatable bonds is 8. The third-order valence-corrected chi connectivity index (χ3v) is 5.43. The van der Waals surface area contributed by atoms with E-state index in [1.54, 1.807) is 6.92 Å². The molecule has 1 aliphatic rings. The van der Waals surface area contributed by atoms with E-state index in [2.05, 4.69) is 10.0 Å². The third-order valence-electron chi connectivity index (χ3n) is 3.92. The summed E-state index contributed by atoms with van der Waals surface area (Å²) in [6, 6.07) is 4.37. The fraction of sp³-hybridized carbons (Fsp3) is 0.562. The number of hydrogen-bond donors (Lipinski definition) is 3. The molecule has 0 bridgehead atoms. The molecule has 0 spiro atoms. The van der Waals surface area contributed by atoms with Crippen LogP contribution in [0.25, 0.3) is 0 Å². The summed E-state index contributed by atoms with van der Waals surface area (Å²) in [5.41, 5.74) is 5.27. The minimum Gasteiger partial charge on any atom is -0.495 e. The predicted molar refractivity (Wildman–Crippen MR) is 92.5 cm³/mol. The van der Waals surface area contributed by atoms with Crippen LogP contribution in [0.4, 0.5) is 5.69 Å². The first-order chi connectivity index (χ1) is 11.2. The van der Waals surface area contributed by atoms with Crippen LogP contribution in [-0.4, -0.2) is 33.0 Å². The largest absolute Gasteiger partial charge is 0.495 e. The zero-order valence-electron chi connectivity index (χ0n) is 14.3. The number of benzene rings is 1. The van der Waals surface area contributed by atoms with E-state index in [1.165, 1.54) is 25.3 Å². The first-order valence-electron chi connectivity index (χ1n) is 8.00. The molecule has 2 rings (SSSR count). The molecule has 24 heavy (non-hydrogen) atoms. The summed E-state index contributed by atoms with van der Waals surface area (Å²) in [6.45, 7) is 3.59. The van der Waals surface area contributed by atoms with E-state index in [1.807, 2.05) is 6.92 Å². The minimum atomic E-state index is -3.61. The number of anilines is 1. The van der Waals surface area contributed by atoms with Crippen LogP contribution in [0, 0.1) is 0 Å². The lowest BCUT2D eigenvalue weighted by molar-refractivity contribution is -0.120. The van der Waals surface area contributed by atoms with Crippen LogP contribution in [0.15, 0.2) is 23.1 Å². The van der Waals surface area contributed by atoms with Crippen LogP contribution >= 0.6 is 0 Å². The number of sulfonamides is 1. The van der Waals surface area contributed by atoms with Gasteiger partial charge in [0.25, 0.3) is 0 Å². The fourth-order valence-electron chi connectivity index (χ4n) is 2.34. The summed E-state index contributed by atoms with van der Waals surface area (Å²) in [6.07, 6.45) is 2.97. The van der Waals surface area contributed by atoms with Gasteiger partial charge in [0.2, 0.25) is 15.9 Å². The maximum Gasteiger partial charge on any atom is 0.244 e. The summed E-state index contributed by atoms with van der Waals surface area (Å²) in [4.78, 5) is 12.5. The van der Waals surface area contributed by atoms with Crippen LogP contribution in [0.5, 0.6) is 5.75 Å². The number of ether oxygens (including phenoxy) is 1. The number of carbonyl (C=O) groups excluding carboxylic acids is 1. The van der Waals surface area contributed by atoms with E-state index in [0.717, 1.165) is 19.3 Å². The van der Waals surface area contributed by atoms with E-state index in [0.29, 0.717) is 12.2 Å². The van der Waals surface area contributed by atoms with Gasteiger partial charge in [-0.05, 0) is 44.4 Å². The maximum atomic E-state index is 12.4. The number of nitrogens with one attached hydrogen (secondary N) is 2. The summed E-state index contributed by atoms with van der Waals surface area (Å²) < 4.78 is 32.5. The Hall–Kier alpha value is -1.64. The zero-order chi connectivity index (χ0) is 18.0. The van der Waals surface area contributed by atoms with E-state index in [-0.39, 0.29) is 22.5 Å². The molecule has 134 valence electrons. The highest BCUT2D eigenvalue weighted by atomic mass is 32.2. The molecular weight excluding hydrogens is 330 g/mol. The Balaban J connectivity index is 2.27. The quantitative estimate of drug-likeness (QED) is 0.656. The number of hydrogen-bond acceptors (Lipinski definition) is 5. The van der Waals surface area contributed by atoms with Gasteiger partial charge in [-0.2, -0.15) is 0 Å². The highest BCUT2D eigenvalue weighted by Crippen LogP contribution is 2.30. The lowest BCUT2D eigenvalue weighted by Crippen LogP contribution is -2.48. The lowest BCUT2D eigenvalue weighted by atomic mass is 9.96. The third kappa shape index (κ3) is 4.46. The molecule has 0 radical (unpaired) electrons. The number of methoxy groups -OCH3 is 1.